The van der Waals surface area contributed by atoms with Gasteiger partial charge in [-0.05, 0) is 12.0 Å². The lowest BCUT2D eigenvalue weighted by molar-refractivity contribution is 0.126. The lowest BCUT2D eigenvalue weighted by Gasteiger charge is -2.22. The van der Waals surface area contributed by atoms with Crippen LogP contribution in [0, 0.1) is 0 Å². The van der Waals surface area contributed by atoms with Gasteiger partial charge in [-0.1, -0.05) is 44.2 Å². The molecule has 0 saturated heterocycles. The summed E-state index contributed by atoms with van der Waals surface area (Å²) in [5.41, 5.74) is 0.895. The Bertz CT molecular complexity index is 287. The Balaban J connectivity index is 2.52. The van der Waals surface area contributed by atoms with Gasteiger partial charge in [0.25, 0.3) is 0 Å². The van der Waals surface area contributed by atoms with Crippen molar-refractivity contribution in [1.29, 1.82) is 0 Å². The third-order valence-corrected chi connectivity index (χ3v) is 2.48. The summed E-state index contributed by atoms with van der Waals surface area (Å²) in [7, 11) is 0. The highest BCUT2D eigenvalue weighted by molar-refractivity contribution is 5.17. The molecule has 1 aromatic rings. The molecule has 3 heteroatoms. The zero-order valence-electron chi connectivity index (χ0n) is 9.93. The first-order valence-corrected chi connectivity index (χ1v) is 5.73. The molecule has 1 aromatic carbocycles. The molecule has 0 aliphatic rings. The summed E-state index contributed by atoms with van der Waals surface area (Å²) in [6.07, 6.45) is 0.00296. The second kappa shape index (κ2) is 6.63. The minimum atomic E-state index is -0.524. The van der Waals surface area contributed by atoms with E-state index in [-0.39, 0.29) is 12.6 Å². The van der Waals surface area contributed by atoms with Crippen LogP contribution in [-0.4, -0.2) is 28.9 Å². The topological polar surface area (TPSA) is 52.5 Å². The van der Waals surface area contributed by atoms with Gasteiger partial charge in [-0.3, -0.25) is 0 Å². The molecule has 90 valence electrons. The highest BCUT2D eigenvalue weighted by Gasteiger charge is 2.15. The normalized spacial score (nSPS) is 15.1. The van der Waals surface area contributed by atoms with Crippen molar-refractivity contribution in [1.82, 2.24) is 5.32 Å². The Morgan fingerprint density at radius 1 is 1.19 bits per heavy atom. The summed E-state index contributed by atoms with van der Waals surface area (Å²) < 4.78 is 0. The monoisotopic (exact) mass is 223 g/mol. The van der Waals surface area contributed by atoms with Gasteiger partial charge in [0.15, 0.2) is 0 Å². The Morgan fingerprint density at radius 2 is 1.81 bits per heavy atom. The smallest absolute Gasteiger partial charge is 0.0805 e. The molecule has 0 saturated carbocycles. The van der Waals surface area contributed by atoms with Crippen LogP contribution in [0.2, 0.25) is 0 Å². The molecule has 0 radical (unpaired) electrons. The third kappa shape index (κ3) is 4.31. The molecule has 0 fully saturated rings. The zero-order chi connectivity index (χ0) is 12.0. The Kier molecular flexibility index (Phi) is 5.46. The van der Waals surface area contributed by atoms with Gasteiger partial charge in [-0.15, -0.1) is 0 Å². The number of nitrogens with one attached hydrogen (secondary N) is 1. The summed E-state index contributed by atoms with van der Waals surface area (Å²) in [5.74, 6) is 0. The van der Waals surface area contributed by atoms with E-state index < -0.39 is 6.10 Å². The van der Waals surface area contributed by atoms with Crippen molar-refractivity contribution in [2.75, 3.05) is 6.61 Å². The fourth-order valence-electron chi connectivity index (χ4n) is 1.75. The second-order valence-corrected chi connectivity index (χ2v) is 4.36. The number of benzene rings is 1. The molecule has 16 heavy (non-hydrogen) atoms. The Labute approximate surface area is 97.1 Å². The van der Waals surface area contributed by atoms with E-state index in [0.29, 0.717) is 12.5 Å². The van der Waals surface area contributed by atoms with Crippen LogP contribution >= 0.6 is 0 Å². The molecule has 1 rings (SSSR count). The van der Waals surface area contributed by atoms with E-state index in [1.54, 1.807) is 0 Å². The first kappa shape index (κ1) is 13.2. The predicted molar refractivity (Wildman–Crippen MR) is 65.2 cm³/mol. The van der Waals surface area contributed by atoms with E-state index in [0.717, 1.165) is 5.56 Å². The molecule has 0 aliphatic heterocycles. The van der Waals surface area contributed by atoms with Crippen molar-refractivity contribution < 1.29 is 10.2 Å². The first-order chi connectivity index (χ1) is 7.63. The van der Waals surface area contributed by atoms with Crippen LogP contribution in [0.25, 0.3) is 0 Å². The van der Waals surface area contributed by atoms with Crippen LogP contribution < -0.4 is 5.32 Å². The lowest BCUT2D eigenvalue weighted by atomic mass is 10.0. The summed E-state index contributed by atoms with van der Waals surface area (Å²) in [6, 6.07) is 9.77. The van der Waals surface area contributed by atoms with Gasteiger partial charge in [-0.2, -0.15) is 0 Å². The van der Waals surface area contributed by atoms with Crippen LogP contribution in [0.4, 0.5) is 0 Å². The molecule has 3 N–H and O–H groups in total. The number of rotatable bonds is 6. The Morgan fingerprint density at radius 3 is 2.31 bits per heavy atom. The summed E-state index contributed by atoms with van der Waals surface area (Å²) in [5, 5.41) is 22.4. The van der Waals surface area contributed by atoms with Crippen molar-refractivity contribution in [2.45, 2.75) is 38.5 Å². The van der Waals surface area contributed by atoms with Crippen molar-refractivity contribution in [3.8, 4) is 0 Å². The number of aliphatic hydroxyl groups is 2. The van der Waals surface area contributed by atoms with Crippen LogP contribution in [0.5, 0.6) is 0 Å². The van der Waals surface area contributed by atoms with Crippen LogP contribution in [0.15, 0.2) is 30.3 Å². The summed E-state index contributed by atoms with van der Waals surface area (Å²) >= 11 is 0. The lowest BCUT2D eigenvalue weighted by Crippen LogP contribution is -2.38. The molecule has 0 aromatic heterocycles. The molecule has 0 bridgehead atoms. The zero-order valence-corrected chi connectivity index (χ0v) is 9.93. The molecule has 0 spiro atoms. The predicted octanol–water partition coefficient (Wildman–Crippen LogP) is 1.47. The van der Waals surface area contributed by atoms with Gasteiger partial charge < -0.3 is 15.5 Å². The summed E-state index contributed by atoms with van der Waals surface area (Å²) in [4.78, 5) is 0. The average Bonchev–Trinajstić information content (AvgIpc) is 2.28. The Hall–Kier alpha value is -0.900. The maximum Gasteiger partial charge on any atom is 0.0805 e. The second-order valence-electron chi connectivity index (χ2n) is 4.36. The van der Waals surface area contributed by atoms with Gasteiger partial charge in [0.2, 0.25) is 0 Å². The van der Waals surface area contributed by atoms with E-state index in [4.69, 9.17) is 0 Å². The van der Waals surface area contributed by atoms with Crippen LogP contribution in [0.1, 0.15) is 31.9 Å². The summed E-state index contributed by atoms with van der Waals surface area (Å²) in [6.45, 7) is 4.09. The SMILES string of the molecule is CC(C)NC(CO)CC(O)c1ccccc1. The molecule has 0 amide bonds. The molecule has 2 atom stereocenters. The highest BCUT2D eigenvalue weighted by atomic mass is 16.3. The van der Waals surface area contributed by atoms with Crippen LogP contribution in [-0.2, 0) is 0 Å². The number of hydrogen-bond acceptors (Lipinski definition) is 3. The van der Waals surface area contributed by atoms with E-state index in [1.165, 1.54) is 0 Å². The molecular formula is C13H21NO2. The molecular weight excluding hydrogens is 202 g/mol. The van der Waals surface area contributed by atoms with Crippen molar-refractivity contribution in [3.05, 3.63) is 35.9 Å². The van der Waals surface area contributed by atoms with E-state index in [9.17, 15) is 10.2 Å². The first-order valence-electron chi connectivity index (χ1n) is 5.73. The molecule has 2 unspecified atom stereocenters. The third-order valence-electron chi connectivity index (χ3n) is 2.48. The van der Waals surface area contributed by atoms with Crippen molar-refractivity contribution in [2.24, 2.45) is 0 Å². The van der Waals surface area contributed by atoms with Gasteiger partial charge in [-0.25, -0.2) is 0 Å². The molecule has 0 aliphatic carbocycles. The molecule has 3 nitrogen and oxygen atoms in total. The fourth-order valence-corrected chi connectivity index (χ4v) is 1.75. The van der Waals surface area contributed by atoms with Crippen molar-refractivity contribution in [3.63, 3.8) is 0 Å². The van der Waals surface area contributed by atoms with Crippen molar-refractivity contribution >= 4 is 0 Å². The van der Waals surface area contributed by atoms with Gasteiger partial charge in [0.1, 0.15) is 0 Å². The van der Waals surface area contributed by atoms with E-state index in [2.05, 4.69) is 5.32 Å². The van der Waals surface area contributed by atoms with Gasteiger partial charge >= 0.3 is 0 Å². The van der Waals surface area contributed by atoms with Crippen LogP contribution in [0.3, 0.4) is 0 Å². The molecule has 0 heterocycles. The van der Waals surface area contributed by atoms with Gasteiger partial charge in [0.05, 0.1) is 12.7 Å². The number of aliphatic hydroxyl groups excluding tert-OH is 2. The maximum atomic E-state index is 9.98. The van der Waals surface area contributed by atoms with Gasteiger partial charge in [0, 0.05) is 12.1 Å². The minimum absolute atomic E-state index is 0.0437. The minimum Gasteiger partial charge on any atom is -0.395 e. The van der Waals surface area contributed by atoms with E-state index >= 15 is 0 Å². The van der Waals surface area contributed by atoms with E-state index in [1.807, 2.05) is 44.2 Å². The standard InChI is InChI=1S/C13H21NO2/c1-10(2)14-12(9-15)8-13(16)11-6-4-3-5-7-11/h3-7,10,12-16H,8-9H2,1-2H3. The fraction of sp³-hybridized carbons (Fsp3) is 0.538. The largest absolute Gasteiger partial charge is 0.395 e. The number of hydrogen-bond donors (Lipinski definition) is 3. The average molecular weight is 223 g/mol. The quantitative estimate of drug-likeness (QED) is 0.684. The highest BCUT2D eigenvalue weighted by Crippen LogP contribution is 2.17. The maximum absolute atomic E-state index is 9.98.